The van der Waals surface area contributed by atoms with Gasteiger partial charge in [-0.2, -0.15) is 5.10 Å². The summed E-state index contributed by atoms with van der Waals surface area (Å²) in [6, 6.07) is 28.1. The van der Waals surface area contributed by atoms with E-state index in [1.807, 2.05) is 73.7 Å². The number of carbonyl (C=O) groups excluding carboxylic acids is 2. The predicted molar refractivity (Wildman–Crippen MR) is 140 cm³/mol. The molecule has 7 heteroatoms. The molecule has 4 aromatic rings. The largest absolute Gasteiger partial charge is 0.329 e. The van der Waals surface area contributed by atoms with Crippen molar-refractivity contribution < 1.29 is 9.59 Å². The molecule has 0 radical (unpaired) electrons. The lowest BCUT2D eigenvalue weighted by Gasteiger charge is -2.22. The molecule has 178 valence electrons. The van der Waals surface area contributed by atoms with Crippen molar-refractivity contribution >= 4 is 29.2 Å². The number of unbranched alkanes of at least 4 members (excludes halogenated alkanes) is 1. The predicted octanol–water partition coefficient (Wildman–Crippen LogP) is 6.07. The first-order chi connectivity index (χ1) is 17.1. The van der Waals surface area contributed by atoms with E-state index < -0.39 is 0 Å². The maximum atomic E-state index is 13.2. The van der Waals surface area contributed by atoms with Crippen LogP contribution >= 0.6 is 11.6 Å². The Hall–Kier alpha value is -3.90. The van der Waals surface area contributed by atoms with Crippen LogP contribution in [0.4, 0.5) is 5.82 Å². The number of nitrogens with one attached hydrogen (secondary N) is 1. The third-order valence-electron chi connectivity index (χ3n) is 5.55. The fourth-order valence-electron chi connectivity index (χ4n) is 3.75. The SMILES string of the molecule is CCCCN(CC(=O)Nc1cc(-c2ccccc2)nn1-c1ccccc1)C(=O)c1ccccc1Cl. The molecule has 1 aromatic heterocycles. The number of halogens is 1. The minimum atomic E-state index is -0.307. The quantitative estimate of drug-likeness (QED) is 0.312. The van der Waals surface area contributed by atoms with E-state index in [0.717, 1.165) is 29.8 Å². The zero-order chi connectivity index (χ0) is 24.6. The van der Waals surface area contributed by atoms with E-state index in [-0.39, 0.29) is 18.4 Å². The fraction of sp³-hybridized carbons (Fsp3) is 0.179. The highest BCUT2D eigenvalue weighted by Crippen LogP contribution is 2.25. The lowest BCUT2D eigenvalue weighted by Crippen LogP contribution is -2.39. The molecule has 4 rings (SSSR count). The number of benzene rings is 3. The van der Waals surface area contributed by atoms with Crippen LogP contribution in [0.5, 0.6) is 0 Å². The molecule has 1 heterocycles. The standard InChI is InChI=1S/C28H27ClN4O2/c1-2-3-18-32(28(35)23-16-10-11-17-24(23)29)20-27(34)30-26-19-25(21-12-6-4-7-13-21)31-33(26)22-14-8-5-9-15-22/h4-17,19H,2-3,18,20H2,1H3,(H,30,34). The van der Waals surface area contributed by atoms with Crippen LogP contribution in [-0.4, -0.2) is 39.6 Å². The maximum absolute atomic E-state index is 13.2. The average molecular weight is 487 g/mol. The summed E-state index contributed by atoms with van der Waals surface area (Å²) in [7, 11) is 0. The Labute approximate surface area is 210 Å². The molecule has 0 saturated carbocycles. The molecule has 2 amide bonds. The molecule has 35 heavy (non-hydrogen) atoms. The summed E-state index contributed by atoms with van der Waals surface area (Å²) in [4.78, 5) is 27.9. The van der Waals surface area contributed by atoms with Crippen molar-refractivity contribution in [3.05, 3.63) is 102 Å². The normalized spacial score (nSPS) is 10.7. The highest BCUT2D eigenvalue weighted by atomic mass is 35.5. The number of hydrogen-bond acceptors (Lipinski definition) is 3. The molecule has 0 saturated heterocycles. The van der Waals surface area contributed by atoms with E-state index in [1.165, 1.54) is 0 Å². The first kappa shape index (κ1) is 24.2. The second-order valence-corrected chi connectivity index (χ2v) is 8.54. The van der Waals surface area contributed by atoms with Crippen LogP contribution in [-0.2, 0) is 4.79 Å². The molecular weight excluding hydrogens is 460 g/mol. The molecule has 0 unspecified atom stereocenters. The summed E-state index contributed by atoms with van der Waals surface area (Å²) in [5, 5.41) is 8.06. The van der Waals surface area contributed by atoms with Crippen molar-refractivity contribution in [3.8, 4) is 16.9 Å². The summed E-state index contributed by atoms with van der Waals surface area (Å²) in [5.74, 6) is -0.0420. The minimum absolute atomic E-state index is 0.0926. The van der Waals surface area contributed by atoms with Gasteiger partial charge in [0.2, 0.25) is 5.91 Å². The molecule has 0 aliphatic heterocycles. The van der Waals surface area contributed by atoms with Gasteiger partial charge >= 0.3 is 0 Å². The van der Waals surface area contributed by atoms with Gasteiger partial charge in [0.1, 0.15) is 12.4 Å². The first-order valence-corrected chi connectivity index (χ1v) is 12.0. The second-order valence-electron chi connectivity index (χ2n) is 8.14. The topological polar surface area (TPSA) is 67.2 Å². The van der Waals surface area contributed by atoms with E-state index in [4.69, 9.17) is 16.7 Å². The van der Waals surface area contributed by atoms with E-state index in [9.17, 15) is 9.59 Å². The van der Waals surface area contributed by atoms with Crippen LogP contribution in [0.2, 0.25) is 5.02 Å². The number of carbonyl (C=O) groups is 2. The number of amides is 2. The number of rotatable bonds is 9. The van der Waals surface area contributed by atoms with Gasteiger partial charge in [0.05, 0.1) is 22.0 Å². The lowest BCUT2D eigenvalue weighted by atomic mass is 10.1. The molecule has 0 fully saturated rings. The summed E-state index contributed by atoms with van der Waals surface area (Å²) in [5.41, 5.74) is 2.88. The second kappa shape index (κ2) is 11.5. The van der Waals surface area contributed by atoms with Crippen molar-refractivity contribution in [1.29, 1.82) is 0 Å². The van der Waals surface area contributed by atoms with E-state index >= 15 is 0 Å². The molecule has 0 aliphatic carbocycles. The van der Waals surface area contributed by atoms with Gasteiger partial charge in [-0.25, -0.2) is 4.68 Å². The fourth-order valence-corrected chi connectivity index (χ4v) is 3.96. The Bertz CT molecular complexity index is 1290. The van der Waals surface area contributed by atoms with Crippen LogP contribution in [0.1, 0.15) is 30.1 Å². The van der Waals surface area contributed by atoms with Crippen LogP contribution in [0.15, 0.2) is 91.0 Å². The van der Waals surface area contributed by atoms with Crippen molar-refractivity contribution in [2.75, 3.05) is 18.4 Å². The number of para-hydroxylation sites is 1. The van der Waals surface area contributed by atoms with Crippen LogP contribution < -0.4 is 5.32 Å². The molecule has 6 nitrogen and oxygen atoms in total. The van der Waals surface area contributed by atoms with Gasteiger partial charge in [0, 0.05) is 18.2 Å². The van der Waals surface area contributed by atoms with Crippen LogP contribution in [0.3, 0.4) is 0 Å². The van der Waals surface area contributed by atoms with Crippen molar-refractivity contribution in [3.63, 3.8) is 0 Å². The summed E-state index contributed by atoms with van der Waals surface area (Å²) in [6.07, 6.45) is 1.68. The zero-order valence-corrected chi connectivity index (χ0v) is 20.3. The smallest absolute Gasteiger partial charge is 0.255 e. The Morgan fingerprint density at radius 2 is 1.60 bits per heavy atom. The highest BCUT2D eigenvalue weighted by Gasteiger charge is 2.22. The number of nitrogens with zero attached hydrogens (tertiary/aromatic N) is 3. The molecule has 0 spiro atoms. The number of hydrogen-bond donors (Lipinski definition) is 1. The van der Waals surface area contributed by atoms with E-state index in [1.54, 1.807) is 33.8 Å². The van der Waals surface area contributed by atoms with Crippen molar-refractivity contribution in [1.82, 2.24) is 14.7 Å². The Morgan fingerprint density at radius 3 is 2.29 bits per heavy atom. The van der Waals surface area contributed by atoms with Crippen LogP contribution in [0.25, 0.3) is 16.9 Å². The van der Waals surface area contributed by atoms with Gasteiger partial charge in [0.25, 0.3) is 5.91 Å². The highest BCUT2D eigenvalue weighted by molar-refractivity contribution is 6.33. The third kappa shape index (κ3) is 5.97. The average Bonchev–Trinajstić information content (AvgIpc) is 3.31. The number of aromatic nitrogens is 2. The van der Waals surface area contributed by atoms with Gasteiger partial charge in [-0.3, -0.25) is 9.59 Å². The van der Waals surface area contributed by atoms with E-state index in [0.29, 0.717) is 22.9 Å². The molecule has 3 aromatic carbocycles. The van der Waals surface area contributed by atoms with E-state index in [2.05, 4.69) is 5.32 Å². The Morgan fingerprint density at radius 1 is 0.943 bits per heavy atom. The van der Waals surface area contributed by atoms with Gasteiger partial charge < -0.3 is 10.2 Å². The summed E-state index contributed by atoms with van der Waals surface area (Å²) >= 11 is 6.25. The van der Waals surface area contributed by atoms with Crippen molar-refractivity contribution in [2.45, 2.75) is 19.8 Å². The zero-order valence-electron chi connectivity index (χ0n) is 19.5. The maximum Gasteiger partial charge on any atom is 0.255 e. The number of anilines is 1. The van der Waals surface area contributed by atoms with Gasteiger partial charge in [-0.15, -0.1) is 0 Å². The third-order valence-corrected chi connectivity index (χ3v) is 5.88. The Balaban J connectivity index is 1.59. The van der Waals surface area contributed by atoms with Gasteiger partial charge in [-0.1, -0.05) is 85.6 Å². The van der Waals surface area contributed by atoms with Crippen LogP contribution in [0, 0.1) is 0 Å². The van der Waals surface area contributed by atoms with Crippen molar-refractivity contribution in [2.24, 2.45) is 0 Å². The van der Waals surface area contributed by atoms with Gasteiger partial charge in [-0.05, 0) is 30.7 Å². The molecule has 0 aliphatic rings. The Kier molecular flexibility index (Phi) is 7.95. The van der Waals surface area contributed by atoms with Gasteiger partial charge in [0.15, 0.2) is 0 Å². The lowest BCUT2D eigenvalue weighted by molar-refractivity contribution is -0.116. The minimum Gasteiger partial charge on any atom is -0.329 e. The first-order valence-electron chi connectivity index (χ1n) is 11.6. The monoisotopic (exact) mass is 486 g/mol. The summed E-state index contributed by atoms with van der Waals surface area (Å²) < 4.78 is 1.70. The molecule has 0 bridgehead atoms. The molecular formula is C28H27ClN4O2. The molecule has 1 N–H and O–H groups in total. The summed E-state index contributed by atoms with van der Waals surface area (Å²) in [6.45, 7) is 2.41. The molecule has 0 atom stereocenters.